The summed E-state index contributed by atoms with van der Waals surface area (Å²) in [5, 5.41) is 13.0. The number of hydrogen-bond acceptors (Lipinski definition) is 4. The van der Waals surface area contributed by atoms with Gasteiger partial charge in [0.25, 0.3) is 11.8 Å². The van der Waals surface area contributed by atoms with Gasteiger partial charge in [0.15, 0.2) is 0 Å². The van der Waals surface area contributed by atoms with Crippen LogP contribution in [0.2, 0.25) is 0 Å². The number of imide groups is 1. The third kappa shape index (κ3) is 2.19. The second-order valence-corrected chi connectivity index (χ2v) is 4.88. The number of fused-ring (bicyclic) bond motifs is 1. The van der Waals surface area contributed by atoms with Crippen molar-refractivity contribution in [2.75, 3.05) is 18.5 Å². The summed E-state index contributed by atoms with van der Waals surface area (Å²) in [7, 11) is 0. The number of aliphatic hydroxyl groups excluding tert-OH is 1. The van der Waals surface area contributed by atoms with Crippen LogP contribution >= 0.6 is 0 Å². The second kappa shape index (κ2) is 5.06. The molecular formula is C15H15N3O3. The van der Waals surface area contributed by atoms with Gasteiger partial charge in [-0.15, -0.1) is 0 Å². The average molecular weight is 285 g/mol. The number of β-amino-alcohol motifs (C(OH)–C–C–N with tert-alkyl or cyclic N) is 1. The van der Waals surface area contributed by atoms with Gasteiger partial charge in [-0.25, -0.2) is 0 Å². The zero-order valence-electron chi connectivity index (χ0n) is 11.5. The number of nitrogens with one attached hydrogen (secondary N) is 2. The van der Waals surface area contributed by atoms with Crippen LogP contribution in [0.15, 0.2) is 36.2 Å². The predicted molar refractivity (Wildman–Crippen MR) is 78.5 cm³/mol. The number of anilines is 1. The molecule has 0 spiro atoms. The predicted octanol–water partition coefficient (Wildman–Crippen LogP) is 1.13. The van der Waals surface area contributed by atoms with Crippen LogP contribution < -0.4 is 5.32 Å². The number of rotatable bonds is 4. The Balaban J connectivity index is 1.89. The fourth-order valence-electron chi connectivity index (χ4n) is 2.47. The van der Waals surface area contributed by atoms with Gasteiger partial charge < -0.3 is 15.4 Å². The fraction of sp³-hybridized carbons (Fsp3) is 0.200. The van der Waals surface area contributed by atoms with Crippen LogP contribution in [0.5, 0.6) is 0 Å². The van der Waals surface area contributed by atoms with E-state index in [-0.39, 0.29) is 18.8 Å². The first-order chi connectivity index (χ1) is 10.1. The zero-order valence-corrected chi connectivity index (χ0v) is 11.5. The molecule has 1 aromatic heterocycles. The summed E-state index contributed by atoms with van der Waals surface area (Å²) < 4.78 is 0. The summed E-state index contributed by atoms with van der Waals surface area (Å²) in [5.74, 6) is -0.820. The van der Waals surface area contributed by atoms with E-state index in [0.29, 0.717) is 0 Å². The van der Waals surface area contributed by atoms with Crippen molar-refractivity contribution >= 4 is 28.4 Å². The van der Waals surface area contributed by atoms with Crippen LogP contribution in [0.4, 0.5) is 5.69 Å². The minimum absolute atomic E-state index is 0.00910. The van der Waals surface area contributed by atoms with E-state index in [0.717, 1.165) is 27.1 Å². The SMILES string of the molecule is Cc1c(NC2=CC(=O)N(CCO)C2=O)ccc2[nH]ccc12. The first-order valence-electron chi connectivity index (χ1n) is 6.64. The topological polar surface area (TPSA) is 85.4 Å². The summed E-state index contributed by atoms with van der Waals surface area (Å²) in [5.41, 5.74) is 3.02. The molecule has 0 atom stereocenters. The molecule has 3 N–H and O–H groups in total. The van der Waals surface area contributed by atoms with E-state index >= 15 is 0 Å². The first kappa shape index (κ1) is 13.4. The first-order valence-corrected chi connectivity index (χ1v) is 6.64. The number of amides is 2. The van der Waals surface area contributed by atoms with Crippen LogP contribution in [0.1, 0.15) is 5.56 Å². The molecule has 2 heterocycles. The van der Waals surface area contributed by atoms with E-state index in [4.69, 9.17) is 5.11 Å². The summed E-state index contributed by atoms with van der Waals surface area (Å²) in [6.45, 7) is 1.72. The number of nitrogens with zero attached hydrogens (tertiary/aromatic N) is 1. The maximum Gasteiger partial charge on any atom is 0.277 e. The number of aromatic nitrogens is 1. The highest BCUT2D eigenvalue weighted by Crippen LogP contribution is 2.26. The maximum absolute atomic E-state index is 12.1. The molecule has 2 amide bonds. The largest absolute Gasteiger partial charge is 0.395 e. The summed E-state index contributed by atoms with van der Waals surface area (Å²) in [4.78, 5) is 27.9. The van der Waals surface area contributed by atoms with Gasteiger partial charge in [-0.05, 0) is 30.7 Å². The lowest BCUT2D eigenvalue weighted by molar-refractivity contribution is -0.137. The lowest BCUT2D eigenvalue weighted by atomic mass is 10.1. The molecular weight excluding hydrogens is 270 g/mol. The quantitative estimate of drug-likeness (QED) is 0.735. The molecule has 1 aromatic carbocycles. The van der Waals surface area contributed by atoms with Crippen molar-refractivity contribution in [3.63, 3.8) is 0 Å². The van der Waals surface area contributed by atoms with Crippen LogP contribution in [0, 0.1) is 6.92 Å². The maximum atomic E-state index is 12.1. The molecule has 0 unspecified atom stereocenters. The van der Waals surface area contributed by atoms with Gasteiger partial charge >= 0.3 is 0 Å². The Labute approximate surface area is 121 Å². The van der Waals surface area contributed by atoms with Crippen molar-refractivity contribution in [3.8, 4) is 0 Å². The Morgan fingerprint density at radius 3 is 2.86 bits per heavy atom. The molecule has 0 aliphatic carbocycles. The van der Waals surface area contributed by atoms with Crippen molar-refractivity contribution in [1.82, 2.24) is 9.88 Å². The highest BCUT2D eigenvalue weighted by molar-refractivity contribution is 6.17. The number of hydrogen-bond donors (Lipinski definition) is 3. The van der Waals surface area contributed by atoms with Crippen LogP contribution in [0.3, 0.4) is 0 Å². The lowest BCUT2D eigenvalue weighted by Crippen LogP contribution is -2.34. The number of aliphatic hydroxyl groups is 1. The molecule has 0 bridgehead atoms. The van der Waals surface area contributed by atoms with Crippen molar-refractivity contribution in [1.29, 1.82) is 0 Å². The Hall–Kier alpha value is -2.60. The molecule has 0 fully saturated rings. The highest BCUT2D eigenvalue weighted by Gasteiger charge is 2.30. The van der Waals surface area contributed by atoms with Crippen LogP contribution in [0.25, 0.3) is 10.9 Å². The highest BCUT2D eigenvalue weighted by atomic mass is 16.3. The van der Waals surface area contributed by atoms with Crippen molar-refractivity contribution in [2.45, 2.75) is 6.92 Å². The number of benzene rings is 1. The molecule has 0 saturated heterocycles. The molecule has 3 rings (SSSR count). The zero-order chi connectivity index (χ0) is 15.0. The molecule has 1 aliphatic heterocycles. The molecule has 1 aliphatic rings. The molecule has 2 aromatic rings. The minimum Gasteiger partial charge on any atom is -0.395 e. The van der Waals surface area contributed by atoms with Crippen molar-refractivity contribution in [3.05, 3.63) is 41.7 Å². The Kier molecular flexibility index (Phi) is 3.23. The van der Waals surface area contributed by atoms with Crippen LogP contribution in [-0.2, 0) is 9.59 Å². The molecule has 108 valence electrons. The summed E-state index contributed by atoms with van der Waals surface area (Å²) in [6.07, 6.45) is 3.12. The van der Waals surface area contributed by atoms with Gasteiger partial charge in [0.2, 0.25) is 0 Å². The standard InChI is InChI=1S/C15H15N3O3/c1-9-10-4-5-16-12(10)3-2-11(9)17-13-8-14(20)18(6-7-19)15(13)21/h2-5,8,16-17,19H,6-7H2,1H3. The number of carbonyl (C=O) groups is 2. The molecule has 6 nitrogen and oxygen atoms in total. The lowest BCUT2D eigenvalue weighted by Gasteiger charge is -2.14. The molecule has 0 saturated carbocycles. The van der Waals surface area contributed by atoms with Crippen LogP contribution in [-0.4, -0.2) is 40.0 Å². The summed E-state index contributed by atoms with van der Waals surface area (Å²) in [6, 6.07) is 5.74. The molecule has 6 heteroatoms. The van der Waals surface area contributed by atoms with E-state index in [1.54, 1.807) is 0 Å². The van der Waals surface area contributed by atoms with Gasteiger partial charge in [-0.3, -0.25) is 14.5 Å². The van der Waals surface area contributed by atoms with E-state index in [2.05, 4.69) is 10.3 Å². The number of carbonyl (C=O) groups excluding carboxylic acids is 2. The number of aryl methyl sites for hydroxylation is 1. The minimum atomic E-state index is -0.414. The van der Waals surface area contributed by atoms with Gasteiger partial charge in [-0.2, -0.15) is 0 Å². The monoisotopic (exact) mass is 285 g/mol. The van der Waals surface area contributed by atoms with E-state index < -0.39 is 11.8 Å². The van der Waals surface area contributed by atoms with Crippen molar-refractivity contribution in [2.24, 2.45) is 0 Å². The van der Waals surface area contributed by atoms with Crippen molar-refractivity contribution < 1.29 is 14.7 Å². The second-order valence-electron chi connectivity index (χ2n) is 4.88. The Morgan fingerprint density at radius 2 is 2.10 bits per heavy atom. The Bertz CT molecular complexity index is 761. The van der Waals surface area contributed by atoms with Gasteiger partial charge in [0.05, 0.1) is 13.2 Å². The van der Waals surface area contributed by atoms with Gasteiger partial charge in [-0.1, -0.05) is 0 Å². The third-order valence-electron chi connectivity index (χ3n) is 3.61. The number of H-pyrrole nitrogens is 1. The van der Waals surface area contributed by atoms with Gasteiger partial charge in [0.1, 0.15) is 5.70 Å². The average Bonchev–Trinajstić information content (AvgIpc) is 3.03. The van der Waals surface area contributed by atoms with E-state index in [1.807, 2.05) is 31.3 Å². The third-order valence-corrected chi connectivity index (χ3v) is 3.61. The Morgan fingerprint density at radius 1 is 1.29 bits per heavy atom. The van der Waals surface area contributed by atoms with Gasteiger partial charge in [0, 0.05) is 28.9 Å². The number of aromatic amines is 1. The van der Waals surface area contributed by atoms with E-state index in [1.165, 1.54) is 6.08 Å². The van der Waals surface area contributed by atoms with E-state index in [9.17, 15) is 9.59 Å². The molecule has 21 heavy (non-hydrogen) atoms. The fourth-order valence-corrected chi connectivity index (χ4v) is 2.47. The molecule has 0 radical (unpaired) electrons. The smallest absolute Gasteiger partial charge is 0.277 e. The summed E-state index contributed by atoms with van der Waals surface area (Å²) >= 11 is 0. The normalized spacial score (nSPS) is 15.0.